The summed E-state index contributed by atoms with van der Waals surface area (Å²) in [5.74, 6) is 0.272. The summed E-state index contributed by atoms with van der Waals surface area (Å²) in [6.07, 6.45) is 1.91. The molecule has 22 heavy (non-hydrogen) atoms. The monoisotopic (exact) mass is 306 g/mol. The third kappa shape index (κ3) is 5.56. The number of phenols is 1. The minimum Gasteiger partial charge on any atom is -0.508 e. The Hall–Kier alpha value is -1.75. The maximum atomic E-state index is 12.2. The molecule has 0 spiro atoms. The number of carbonyl (C=O) groups is 1. The van der Waals surface area contributed by atoms with Crippen molar-refractivity contribution in [3.63, 3.8) is 0 Å². The Kier molecular flexibility index (Phi) is 5.29. The van der Waals surface area contributed by atoms with E-state index in [9.17, 15) is 9.90 Å². The van der Waals surface area contributed by atoms with Crippen LogP contribution in [-0.4, -0.2) is 40.8 Å². The molecule has 0 aliphatic heterocycles. The summed E-state index contributed by atoms with van der Waals surface area (Å²) >= 11 is 0. The molecule has 1 saturated carbocycles. The third-order valence-electron chi connectivity index (χ3n) is 3.41. The molecule has 1 fully saturated rings. The molecule has 1 aliphatic rings. The van der Waals surface area contributed by atoms with Crippen LogP contribution in [0, 0.1) is 0 Å². The van der Waals surface area contributed by atoms with Gasteiger partial charge in [-0.2, -0.15) is 0 Å². The molecule has 1 aromatic carbocycles. The van der Waals surface area contributed by atoms with Crippen LogP contribution in [0.5, 0.6) is 5.75 Å². The van der Waals surface area contributed by atoms with E-state index in [1.807, 2.05) is 37.8 Å². The van der Waals surface area contributed by atoms with Gasteiger partial charge in [0.1, 0.15) is 11.4 Å². The fourth-order valence-electron chi connectivity index (χ4n) is 2.18. The molecule has 1 aromatic rings. The fraction of sp³-hybridized carbons (Fsp3) is 0.588. The molecule has 0 aromatic heterocycles. The van der Waals surface area contributed by atoms with Crippen molar-refractivity contribution < 1.29 is 14.6 Å². The first-order valence-corrected chi connectivity index (χ1v) is 7.83. The van der Waals surface area contributed by atoms with Gasteiger partial charge in [0.05, 0.1) is 0 Å². The van der Waals surface area contributed by atoms with E-state index in [-0.39, 0.29) is 11.8 Å². The number of amides is 1. The average molecular weight is 306 g/mol. The smallest absolute Gasteiger partial charge is 0.410 e. The lowest BCUT2D eigenvalue weighted by molar-refractivity contribution is 0.0236. The molecule has 0 unspecified atom stereocenters. The Morgan fingerprint density at radius 1 is 1.32 bits per heavy atom. The topological polar surface area (TPSA) is 61.8 Å². The minimum atomic E-state index is -0.455. The van der Waals surface area contributed by atoms with E-state index < -0.39 is 5.60 Å². The van der Waals surface area contributed by atoms with Crippen molar-refractivity contribution in [1.29, 1.82) is 0 Å². The highest BCUT2D eigenvalue weighted by molar-refractivity contribution is 5.69. The van der Waals surface area contributed by atoms with Crippen molar-refractivity contribution in [1.82, 2.24) is 10.2 Å². The third-order valence-corrected chi connectivity index (χ3v) is 3.41. The second-order valence-corrected chi connectivity index (χ2v) is 6.75. The van der Waals surface area contributed by atoms with Crippen molar-refractivity contribution in [2.24, 2.45) is 0 Å². The van der Waals surface area contributed by atoms with Gasteiger partial charge in [-0.05, 0) is 51.3 Å². The molecule has 5 nitrogen and oxygen atoms in total. The van der Waals surface area contributed by atoms with Crippen LogP contribution < -0.4 is 5.32 Å². The first kappa shape index (κ1) is 16.6. The number of ether oxygens (including phenoxy) is 1. The van der Waals surface area contributed by atoms with Gasteiger partial charge in [0.15, 0.2) is 0 Å². The summed E-state index contributed by atoms with van der Waals surface area (Å²) in [6, 6.07) is 7.46. The summed E-state index contributed by atoms with van der Waals surface area (Å²) in [7, 11) is 0. The largest absolute Gasteiger partial charge is 0.508 e. The predicted octanol–water partition coefficient (Wildman–Crippen LogP) is 2.88. The first-order chi connectivity index (χ1) is 10.3. The summed E-state index contributed by atoms with van der Waals surface area (Å²) in [4.78, 5) is 14.0. The number of carbonyl (C=O) groups excluding carboxylic acids is 1. The highest BCUT2D eigenvalue weighted by Crippen LogP contribution is 2.28. The van der Waals surface area contributed by atoms with E-state index in [4.69, 9.17) is 4.74 Å². The zero-order valence-electron chi connectivity index (χ0n) is 13.6. The Morgan fingerprint density at radius 2 is 1.95 bits per heavy atom. The number of phenolic OH excluding ortho intramolecular Hbond substituents is 1. The molecule has 1 aliphatic carbocycles. The Balaban J connectivity index is 1.75. The zero-order valence-corrected chi connectivity index (χ0v) is 13.6. The van der Waals surface area contributed by atoms with Gasteiger partial charge in [-0.1, -0.05) is 12.1 Å². The van der Waals surface area contributed by atoms with Crippen molar-refractivity contribution in [2.75, 3.05) is 13.1 Å². The minimum absolute atomic E-state index is 0.221. The Bertz CT molecular complexity index is 490. The van der Waals surface area contributed by atoms with E-state index in [1.165, 1.54) is 0 Å². The summed E-state index contributed by atoms with van der Waals surface area (Å²) in [5.41, 5.74) is 0.650. The van der Waals surface area contributed by atoms with E-state index in [0.29, 0.717) is 19.1 Å². The van der Waals surface area contributed by atoms with E-state index >= 15 is 0 Å². The van der Waals surface area contributed by atoms with Gasteiger partial charge in [-0.15, -0.1) is 0 Å². The van der Waals surface area contributed by atoms with Crippen molar-refractivity contribution in [3.05, 3.63) is 29.8 Å². The van der Waals surface area contributed by atoms with Crippen molar-refractivity contribution in [2.45, 2.75) is 51.8 Å². The van der Waals surface area contributed by atoms with E-state index in [0.717, 1.165) is 24.9 Å². The van der Waals surface area contributed by atoms with Crippen LogP contribution in [0.15, 0.2) is 24.3 Å². The summed E-state index contributed by atoms with van der Waals surface area (Å²) < 4.78 is 5.46. The van der Waals surface area contributed by atoms with Gasteiger partial charge >= 0.3 is 6.09 Å². The van der Waals surface area contributed by atoms with Gasteiger partial charge in [0.2, 0.25) is 0 Å². The van der Waals surface area contributed by atoms with E-state index in [1.54, 1.807) is 12.1 Å². The lowest BCUT2D eigenvalue weighted by atomic mass is 10.2. The Labute approximate surface area is 132 Å². The lowest BCUT2D eigenvalue weighted by Gasteiger charge is -2.27. The molecule has 0 radical (unpaired) electrons. The van der Waals surface area contributed by atoms with E-state index in [2.05, 4.69) is 5.32 Å². The number of nitrogens with one attached hydrogen (secondary N) is 1. The quantitative estimate of drug-likeness (QED) is 0.793. The van der Waals surface area contributed by atoms with Crippen molar-refractivity contribution >= 4 is 6.09 Å². The number of hydrogen-bond acceptors (Lipinski definition) is 4. The SMILES string of the molecule is CC(C)(C)OC(=O)N(CCNCc1ccc(O)cc1)C1CC1. The summed E-state index contributed by atoms with van der Waals surface area (Å²) in [6.45, 7) is 7.75. The molecular weight excluding hydrogens is 280 g/mol. The van der Waals surface area contributed by atoms with Gasteiger partial charge in [-0.25, -0.2) is 4.79 Å². The number of aromatic hydroxyl groups is 1. The van der Waals surface area contributed by atoms with Crippen LogP contribution in [0.4, 0.5) is 4.79 Å². The van der Waals surface area contributed by atoms with Gasteiger partial charge in [0, 0.05) is 25.7 Å². The molecule has 0 heterocycles. The van der Waals surface area contributed by atoms with Crippen LogP contribution in [0.1, 0.15) is 39.2 Å². The van der Waals surface area contributed by atoms with Gasteiger partial charge < -0.3 is 20.1 Å². The number of rotatable bonds is 6. The summed E-state index contributed by atoms with van der Waals surface area (Å²) in [5, 5.41) is 12.6. The van der Waals surface area contributed by atoms with Crippen LogP contribution in [0.2, 0.25) is 0 Å². The van der Waals surface area contributed by atoms with Crippen molar-refractivity contribution in [3.8, 4) is 5.75 Å². The molecule has 1 amide bonds. The molecule has 5 heteroatoms. The van der Waals surface area contributed by atoms with Gasteiger partial charge in [0.25, 0.3) is 0 Å². The molecular formula is C17H26N2O3. The Morgan fingerprint density at radius 3 is 2.50 bits per heavy atom. The van der Waals surface area contributed by atoms with Crippen LogP contribution in [0.3, 0.4) is 0 Å². The molecule has 0 bridgehead atoms. The highest BCUT2D eigenvalue weighted by atomic mass is 16.6. The van der Waals surface area contributed by atoms with Gasteiger partial charge in [-0.3, -0.25) is 0 Å². The molecule has 2 N–H and O–H groups in total. The average Bonchev–Trinajstić information content (AvgIpc) is 3.23. The molecule has 0 saturated heterocycles. The fourth-order valence-corrected chi connectivity index (χ4v) is 2.18. The second-order valence-electron chi connectivity index (χ2n) is 6.75. The maximum absolute atomic E-state index is 12.2. The van der Waals surface area contributed by atoms with Crippen LogP contribution in [0.25, 0.3) is 0 Å². The number of hydrogen-bond donors (Lipinski definition) is 2. The maximum Gasteiger partial charge on any atom is 0.410 e. The standard InChI is InChI=1S/C17H26N2O3/c1-17(2,3)22-16(21)19(14-6-7-14)11-10-18-12-13-4-8-15(20)9-5-13/h4-5,8-9,14,18,20H,6-7,10-12H2,1-3H3. The highest BCUT2D eigenvalue weighted by Gasteiger charge is 2.34. The lowest BCUT2D eigenvalue weighted by Crippen LogP contribution is -2.41. The number of nitrogens with zero attached hydrogens (tertiary/aromatic N) is 1. The molecule has 0 atom stereocenters. The first-order valence-electron chi connectivity index (χ1n) is 7.83. The normalized spacial score (nSPS) is 14.7. The molecule has 122 valence electrons. The second kappa shape index (κ2) is 7.01. The van der Waals surface area contributed by atoms with Crippen LogP contribution in [-0.2, 0) is 11.3 Å². The zero-order chi connectivity index (χ0) is 16.2. The number of benzene rings is 1. The van der Waals surface area contributed by atoms with Crippen LogP contribution >= 0.6 is 0 Å². The predicted molar refractivity (Wildman–Crippen MR) is 85.8 cm³/mol. The molecule has 2 rings (SSSR count).